The molecule has 0 N–H and O–H groups in total. The van der Waals surface area contributed by atoms with Crippen molar-refractivity contribution in [2.45, 2.75) is 24.8 Å². The number of nitro benzene ring substituents is 1. The van der Waals surface area contributed by atoms with Gasteiger partial charge in [-0.25, -0.2) is 0 Å². The Labute approximate surface area is 114 Å². The first-order valence-electron chi connectivity index (χ1n) is 5.45. The minimum atomic E-state index is -0.572. The van der Waals surface area contributed by atoms with Crippen LogP contribution in [0.1, 0.15) is 19.4 Å². The SMILES string of the molecule is CC(C)OC(=O)CSc1ccc(C#N)cc1[N+](=O)[O-]. The lowest BCUT2D eigenvalue weighted by Crippen LogP contribution is -2.13. The van der Waals surface area contributed by atoms with Gasteiger partial charge < -0.3 is 4.74 Å². The quantitative estimate of drug-likeness (QED) is 0.356. The molecule has 6 nitrogen and oxygen atoms in total. The molecule has 0 radical (unpaired) electrons. The van der Waals surface area contributed by atoms with Crippen LogP contribution in [0.4, 0.5) is 5.69 Å². The summed E-state index contributed by atoms with van der Waals surface area (Å²) < 4.78 is 4.94. The summed E-state index contributed by atoms with van der Waals surface area (Å²) in [5, 5.41) is 19.6. The Hall–Kier alpha value is -2.07. The molecule has 0 saturated heterocycles. The van der Waals surface area contributed by atoms with E-state index in [0.717, 1.165) is 11.8 Å². The minimum Gasteiger partial charge on any atom is -0.462 e. The van der Waals surface area contributed by atoms with Crippen molar-refractivity contribution in [2.75, 3.05) is 5.75 Å². The second kappa shape index (κ2) is 6.75. The number of rotatable bonds is 5. The van der Waals surface area contributed by atoms with Gasteiger partial charge in [-0.3, -0.25) is 14.9 Å². The fourth-order valence-corrected chi connectivity index (χ4v) is 2.07. The highest BCUT2D eigenvalue weighted by Gasteiger charge is 2.17. The molecule has 0 aliphatic rings. The number of carbonyl (C=O) groups excluding carboxylic acids is 1. The molecular formula is C12H12N2O4S. The van der Waals surface area contributed by atoms with E-state index in [1.807, 2.05) is 6.07 Å². The van der Waals surface area contributed by atoms with Gasteiger partial charge in [-0.05, 0) is 26.0 Å². The topological polar surface area (TPSA) is 93.2 Å². The van der Waals surface area contributed by atoms with Crippen LogP contribution < -0.4 is 0 Å². The predicted octanol–water partition coefficient (Wildman–Crippen LogP) is 2.51. The van der Waals surface area contributed by atoms with Crippen molar-refractivity contribution in [3.63, 3.8) is 0 Å². The maximum atomic E-state index is 11.4. The number of nitriles is 1. The first-order valence-corrected chi connectivity index (χ1v) is 6.43. The monoisotopic (exact) mass is 280 g/mol. The Bertz CT molecular complexity index is 537. The Morgan fingerprint density at radius 3 is 2.79 bits per heavy atom. The Kier molecular flexibility index (Phi) is 5.33. The van der Waals surface area contributed by atoms with Crippen molar-refractivity contribution in [1.82, 2.24) is 0 Å². The van der Waals surface area contributed by atoms with Crippen molar-refractivity contribution in [2.24, 2.45) is 0 Å². The van der Waals surface area contributed by atoms with E-state index in [9.17, 15) is 14.9 Å². The molecule has 0 amide bonds. The van der Waals surface area contributed by atoms with Gasteiger partial charge in [0.1, 0.15) is 0 Å². The molecule has 19 heavy (non-hydrogen) atoms. The number of esters is 1. The van der Waals surface area contributed by atoms with Gasteiger partial charge in [0.15, 0.2) is 0 Å². The standard InChI is InChI=1S/C12H12N2O4S/c1-8(2)18-12(15)7-19-11-4-3-9(6-13)5-10(11)14(16)17/h3-5,8H,7H2,1-2H3. The number of hydrogen-bond acceptors (Lipinski definition) is 6. The summed E-state index contributed by atoms with van der Waals surface area (Å²) >= 11 is 1.02. The number of benzene rings is 1. The average Bonchev–Trinajstić information content (AvgIpc) is 2.35. The van der Waals surface area contributed by atoms with E-state index in [1.165, 1.54) is 18.2 Å². The number of ether oxygens (including phenoxy) is 1. The van der Waals surface area contributed by atoms with Crippen LogP contribution >= 0.6 is 11.8 Å². The smallest absolute Gasteiger partial charge is 0.316 e. The molecule has 0 aliphatic carbocycles. The highest BCUT2D eigenvalue weighted by Crippen LogP contribution is 2.30. The van der Waals surface area contributed by atoms with Gasteiger partial charge in [-0.1, -0.05) is 0 Å². The molecule has 0 spiro atoms. The van der Waals surface area contributed by atoms with Gasteiger partial charge in [-0.2, -0.15) is 5.26 Å². The summed E-state index contributed by atoms with van der Waals surface area (Å²) in [6.45, 7) is 3.46. The normalized spacial score (nSPS) is 10.0. The third kappa shape index (κ3) is 4.60. The van der Waals surface area contributed by atoms with E-state index in [4.69, 9.17) is 10.00 Å². The van der Waals surface area contributed by atoms with Crippen LogP contribution in [0.15, 0.2) is 23.1 Å². The second-order valence-corrected chi connectivity index (χ2v) is 4.90. The highest BCUT2D eigenvalue weighted by molar-refractivity contribution is 8.00. The Balaban J connectivity index is 2.81. The van der Waals surface area contributed by atoms with Crippen molar-refractivity contribution in [3.05, 3.63) is 33.9 Å². The average molecular weight is 280 g/mol. The molecule has 0 fully saturated rings. The van der Waals surface area contributed by atoms with Crippen LogP contribution in [0.3, 0.4) is 0 Å². The first kappa shape index (κ1) is 15.0. The lowest BCUT2D eigenvalue weighted by atomic mass is 10.2. The van der Waals surface area contributed by atoms with Crippen LogP contribution in [-0.2, 0) is 9.53 Å². The molecule has 0 heterocycles. The summed E-state index contributed by atoms with van der Waals surface area (Å²) in [7, 11) is 0. The van der Waals surface area contributed by atoms with Crippen LogP contribution in [0, 0.1) is 21.4 Å². The van der Waals surface area contributed by atoms with Crippen molar-refractivity contribution >= 4 is 23.4 Å². The minimum absolute atomic E-state index is 0.00901. The lowest BCUT2D eigenvalue weighted by molar-refractivity contribution is -0.387. The summed E-state index contributed by atoms with van der Waals surface area (Å²) in [5.41, 5.74) is 0.0298. The van der Waals surface area contributed by atoms with Gasteiger partial charge in [0.2, 0.25) is 0 Å². The van der Waals surface area contributed by atoms with E-state index >= 15 is 0 Å². The predicted molar refractivity (Wildman–Crippen MR) is 69.8 cm³/mol. The molecular weight excluding hydrogens is 268 g/mol. The molecule has 0 aliphatic heterocycles. The Morgan fingerprint density at radius 2 is 2.26 bits per heavy atom. The maximum absolute atomic E-state index is 11.4. The zero-order valence-corrected chi connectivity index (χ0v) is 11.3. The van der Waals surface area contributed by atoms with Crippen molar-refractivity contribution in [1.29, 1.82) is 5.26 Å². The molecule has 1 aromatic carbocycles. The van der Waals surface area contributed by atoms with Crippen molar-refractivity contribution in [3.8, 4) is 6.07 Å². The first-order chi connectivity index (χ1) is 8.93. The fraction of sp³-hybridized carbons (Fsp3) is 0.333. The number of carbonyl (C=O) groups is 1. The molecule has 1 aromatic rings. The van der Waals surface area contributed by atoms with Crippen LogP contribution in [0.25, 0.3) is 0 Å². The van der Waals surface area contributed by atoms with E-state index in [1.54, 1.807) is 13.8 Å². The van der Waals surface area contributed by atoms with Crippen molar-refractivity contribution < 1.29 is 14.5 Å². The van der Waals surface area contributed by atoms with E-state index in [2.05, 4.69) is 0 Å². The number of hydrogen-bond donors (Lipinski definition) is 0. The third-order valence-electron chi connectivity index (χ3n) is 2.00. The molecule has 0 aromatic heterocycles. The third-order valence-corrected chi connectivity index (χ3v) is 3.03. The van der Waals surface area contributed by atoms with Gasteiger partial charge in [0.25, 0.3) is 5.69 Å². The summed E-state index contributed by atoms with van der Waals surface area (Å²) in [5.74, 6) is -0.441. The largest absolute Gasteiger partial charge is 0.462 e. The molecule has 1 rings (SSSR count). The Morgan fingerprint density at radius 1 is 1.58 bits per heavy atom. The summed E-state index contributed by atoms with van der Waals surface area (Å²) in [6.07, 6.45) is -0.218. The zero-order chi connectivity index (χ0) is 14.4. The van der Waals surface area contributed by atoms with Crippen LogP contribution in [0.2, 0.25) is 0 Å². The molecule has 0 atom stereocenters. The second-order valence-electron chi connectivity index (χ2n) is 3.88. The highest BCUT2D eigenvalue weighted by atomic mass is 32.2. The van der Waals surface area contributed by atoms with Crippen LogP contribution in [0.5, 0.6) is 0 Å². The maximum Gasteiger partial charge on any atom is 0.316 e. The van der Waals surface area contributed by atoms with Gasteiger partial charge in [0.05, 0.1) is 33.3 Å². The molecule has 0 unspecified atom stereocenters. The van der Waals surface area contributed by atoms with Gasteiger partial charge in [-0.15, -0.1) is 11.8 Å². The molecule has 100 valence electrons. The molecule has 7 heteroatoms. The van der Waals surface area contributed by atoms with Gasteiger partial charge in [0, 0.05) is 6.07 Å². The molecule has 0 saturated carbocycles. The number of thioether (sulfide) groups is 1. The fourth-order valence-electron chi connectivity index (χ4n) is 1.29. The van der Waals surface area contributed by atoms with E-state index in [-0.39, 0.29) is 23.1 Å². The lowest BCUT2D eigenvalue weighted by Gasteiger charge is -2.07. The summed E-state index contributed by atoms with van der Waals surface area (Å²) in [4.78, 5) is 22.0. The number of nitro groups is 1. The van der Waals surface area contributed by atoms with Gasteiger partial charge >= 0.3 is 5.97 Å². The van der Waals surface area contributed by atoms with E-state index < -0.39 is 10.9 Å². The number of nitrogens with zero attached hydrogens (tertiary/aromatic N) is 2. The van der Waals surface area contributed by atoms with E-state index in [0.29, 0.717) is 4.90 Å². The zero-order valence-electron chi connectivity index (χ0n) is 10.5. The molecule has 0 bridgehead atoms. The summed E-state index contributed by atoms with van der Waals surface area (Å²) in [6, 6.07) is 5.96. The van der Waals surface area contributed by atoms with Crippen LogP contribution in [-0.4, -0.2) is 22.7 Å².